The minimum atomic E-state index is -3.26. The molecule has 1 saturated carbocycles. The van der Waals surface area contributed by atoms with Gasteiger partial charge in [-0.2, -0.15) is 0 Å². The number of piperazine rings is 1. The fourth-order valence-electron chi connectivity index (χ4n) is 4.98. The molecule has 0 bridgehead atoms. The van der Waals surface area contributed by atoms with Gasteiger partial charge in [-0.05, 0) is 60.7 Å². The van der Waals surface area contributed by atoms with Gasteiger partial charge in [-0.15, -0.1) is 0 Å². The first kappa shape index (κ1) is 24.3. The number of carbonyl (C=O) groups is 2. The Bertz CT molecular complexity index is 1150. The van der Waals surface area contributed by atoms with Crippen molar-refractivity contribution in [2.45, 2.75) is 43.9 Å². The summed E-state index contributed by atoms with van der Waals surface area (Å²) in [5, 5.41) is 0. The molecular formula is C26H33N3O4S. The zero-order valence-electron chi connectivity index (χ0n) is 19.7. The third kappa shape index (κ3) is 5.27. The van der Waals surface area contributed by atoms with E-state index in [-0.39, 0.29) is 11.7 Å². The molecule has 2 aromatic carbocycles. The number of hydrogen-bond donors (Lipinski definition) is 1. The maximum absolute atomic E-state index is 12.7. The van der Waals surface area contributed by atoms with E-state index in [0.717, 1.165) is 55.6 Å². The summed E-state index contributed by atoms with van der Waals surface area (Å²) in [6, 6.07) is 12.5. The number of nitrogens with two attached hydrogens (primary N) is 1. The SMILES string of the molecule is CCS(=O)(=O)c1ccc(Cc2cc(N3CCN(C(=O)C4CCCC4)CC3)ccc2C(N)=O)cc1. The van der Waals surface area contributed by atoms with Gasteiger partial charge in [0.15, 0.2) is 9.84 Å². The normalized spacial score (nSPS) is 17.2. The van der Waals surface area contributed by atoms with Gasteiger partial charge in [0.25, 0.3) is 0 Å². The average Bonchev–Trinajstić information content (AvgIpc) is 3.39. The molecule has 34 heavy (non-hydrogen) atoms. The number of benzene rings is 2. The van der Waals surface area contributed by atoms with E-state index in [0.29, 0.717) is 35.9 Å². The third-order valence-electron chi connectivity index (χ3n) is 7.07. The number of sulfone groups is 1. The quantitative estimate of drug-likeness (QED) is 0.652. The molecule has 2 N–H and O–H groups in total. The van der Waals surface area contributed by atoms with Gasteiger partial charge in [-0.1, -0.05) is 31.9 Å². The van der Waals surface area contributed by atoms with Gasteiger partial charge in [0.2, 0.25) is 11.8 Å². The van der Waals surface area contributed by atoms with Crippen LogP contribution in [0.2, 0.25) is 0 Å². The number of nitrogens with zero attached hydrogens (tertiary/aromatic N) is 2. The second-order valence-electron chi connectivity index (χ2n) is 9.22. The fourth-order valence-corrected chi connectivity index (χ4v) is 5.86. The standard InChI is InChI=1S/C26H33N3O4S/c1-2-34(32,33)23-10-7-19(8-11-23)17-21-18-22(9-12-24(21)25(27)30)28-13-15-29(16-14-28)26(31)20-5-3-4-6-20/h7-12,18,20H,2-6,13-17H2,1H3,(H2,27,30). The first-order valence-corrected chi connectivity index (χ1v) is 13.7. The third-order valence-corrected chi connectivity index (χ3v) is 8.82. The van der Waals surface area contributed by atoms with Crippen molar-refractivity contribution in [3.63, 3.8) is 0 Å². The van der Waals surface area contributed by atoms with Crippen molar-refractivity contribution in [1.29, 1.82) is 0 Å². The van der Waals surface area contributed by atoms with E-state index in [9.17, 15) is 18.0 Å². The molecule has 1 aliphatic carbocycles. The van der Waals surface area contributed by atoms with E-state index in [1.165, 1.54) is 0 Å². The van der Waals surface area contributed by atoms with Crippen molar-refractivity contribution in [1.82, 2.24) is 4.90 Å². The molecule has 2 aliphatic rings. The molecule has 0 radical (unpaired) electrons. The van der Waals surface area contributed by atoms with Crippen LogP contribution < -0.4 is 10.6 Å². The van der Waals surface area contributed by atoms with Crippen LogP contribution in [0.3, 0.4) is 0 Å². The molecule has 1 saturated heterocycles. The van der Waals surface area contributed by atoms with Gasteiger partial charge in [0.1, 0.15) is 0 Å². The number of carbonyl (C=O) groups excluding carboxylic acids is 2. The second-order valence-corrected chi connectivity index (χ2v) is 11.5. The maximum atomic E-state index is 12.7. The van der Waals surface area contributed by atoms with Crippen LogP contribution >= 0.6 is 0 Å². The van der Waals surface area contributed by atoms with Gasteiger partial charge in [-0.3, -0.25) is 9.59 Å². The Morgan fingerprint density at radius 2 is 1.62 bits per heavy atom. The summed E-state index contributed by atoms with van der Waals surface area (Å²) in [6.45, 7) is 4.53. The molecule has 0 aromatic heterocycles. The Morgan fingerprint density at radius 1 is 0.971 bits per heavy atom. The summed E-state index contributed by atoms with van der Waals surface area (Å²) in [4.78, 5) is 29.3. The van der Waals surface area contributed by atoms with Crippen LogP contribution in [0.15, 0.2) is 47.4 Å². The lowest BCUT2D eigenvalue weighted by Crippen LogP contribution is -2.50. The summed E-state index contributed by atoms with van der Waals surface area (Å²) in [5.41, 5.74) is 8.80. The van der Waals surface area contributed by atoms with Gasteiger partial charge in [-0.25, -0.2) is 8.42 Å². The molecule has 0 unspecified atom stereocenters. The molecule has 0 atom stereocenters. The van der Waals surface area contributed by atoms with Crippen LogP contribution in [0.1, 0.15) is 54.1 Å². The second kappa shape index (κ2) is 10.2. The number of rotatable bonds is 7. The highest BCUT2D eigenvalue weighted by atomic mass is 32.2. The zero-order valence-corrected chi connectivity index (χ0v) is 20.5. The highest BCUT2D eigenvalue weighted by molar-refractivity contribution is 7.91. The number of amides is 2. The van der Waals surface area contributed by atoms with Crippen LogP contribution in [-0.4, -0.2) is 57.1 Å². The highest BCUT2D eigenvalue weighted by Crippen LogP contribution is 2.28. The molecule has 4 rings (SSSR count). The van der Waals surface area contributed by atoms with E-state index in [4.69, 9.17) is 5.73 Å². The van der Waals surface area contributed by atoms with Gasteiger partial charge in [0, 0.05) is 43.3 Å². The molecule has 0 spiro atoms. The van der Waals surface area contributed by atoms with Crippen LogP contribution in [0.4, 0.5) is 5.69 Å². The summed E-state index contributed by atoms with van der Waals surface area (Å²) in [7, 11) is -3.26. The van der Waals surface area contributed by atoms with E-state index < -0.39 is 15.7 Å². The summed E-state index contributed by atoms with van der Waals surface area (Å²) in [5.74, 6) is 0.0700. The van der Waals surface area contributed by atoms with Gasteiger partial charge in [0.05, 0.1) is 10.6 Å². The van der Waals surface area contributed by atoms with E-state index in [2.05, 4.69) is 4.90 Å². The molecule has 2 fully saturated rings. The molecule has 1 aliphatic heterocycles. The zero-order chi connectivity index (χ0) is 24.3. The van der Waals surface area contributed by atoms with E-state index >= 15 is 0 Å². The maximum Gasteiger partial charge on any atom is 0.248 e. The fraction of sp³-hybridized carbons (Fsp3) is 0.462. The monoisotopic (exact) mass is 483 g/mol. The molecule has 1 heterocycles. The van der Waals surface area contributed by atoms with Crippen molar-refractivity contribution in [2.75, 3.05) is 36.8 Å². The van der Waals surface area contributed by atoms with E-state index in [1.54, 1.807) is 37.3 Å². The summed E-state index contributed by atoms with van der Waals surface area (Å²) < 4.78 is 24.2. The highest BCUT2D eigenvalue weighted by Gasteiger charge is 2.29. The molecular weight excluding hydrogens is 450 g/mol. The van der Waals surface area contributed by atoms with Crippen LogP contribution in [-0.2, 0) is 21.1 Å². The first-order chi connectivity index (χ1) is 16.3. The summed E-state index contributed by atoms with van der Waals surface area (Å²) in [6.07, 6.45) is 4.81. The molecule has 2 amide bonds. The minimum Gasteiger partial charge on any atom is -0.368 e. The van der Waals surface area contributed by atoms with Crippen LogP contribution in [0.25, 0.3) is 0 Å². The van der Waals surface area contributed by atoms with Gasteiger partial charge < -0.3 is 15.5 Å². The van der Waals surface area contributed by atoms with Crippen molar-refractivity contribution in [2.24, 2.45) is 11.7 Å². The smallest absolute Gasteiger partial charge is 0.248 e. The Morgan fingerprint density at radius 3 is 2.21 bits per heavy atom. The Hall–Kier alpha value is -2.87. The van der Waals surface area contributed by atoms with Crippen molar-refractivity contribution in [3.8, 4) is 0 Å². The predicted octanol–water partition coefficient (Wildman–Crippen LogP) is 3.01. The average molecular weight is 484 g/mol. The Labute approximate surface area is 201 Å². The molecule has 182 valence electrons. The van der Waals surface area contributed by atoms with Crippen molar-refractivity contribution in [3.05, 3.63) is 59.2 Å². The molecule has 2 aromatic rings. The van der Waals surface area contributed by atoms with Gasteiger partial charge >= 0.3 is 0 Å². The lowest BCUT2D eigenvalue weighted by molar-refractivity contribution is -0.135. The largest absolute Gasteiger partial charge is 0.368 e. The van der Waals surface area contributed by atoms with Crippen LogP contribution in [0, 0.1) is 5.92 Å². The number of hydrogen-bond acceptors (Lipinski definition) is 5. The lowest BCUT2D eigenvalue weighted by atomic mass is 9.98. The van der Waals surface area contributed by atoms with E-state index in [1.807, 2.05) is 17.0 Å². The molecule has 8 heteroatoms. The minimum absolute atomic E-state index is 0.0553. The summed E-state index contributed by atoms with van der Waals surface area (Å²) >= 11 is 0. The Kier molecular flexibility index (Phi) is 7.26. The molecule has 7 nitrogen and oxygen atoms in total. The van der Waals surface area contributed by atoms with Crippen LogP contribution in [0.5, 0.6) is 0 Å². The number of primary amides is 1. The lowest BCUT2D eigenvalue weighted by Gasteiger charge is -2.37. The Balaban J connectivity index is 1.48. The topological polar surface area (TPSA) is 101 Å². The predicted molar refractivity (Wildman–Crippen MR) is 133 cm³/mol. The first-order valence-electron chi connectivity index (χ1n) is 12.1. The van der Waals surface area contributed by atoms with Crippen molar-refractivity contribution >= 4 is 27.3 Å². The van der Waals surface area contributed by atoms with Crippen molar-refractivity contribution < 1.29 is 18.0 Å². The number of anilines is 1.